The quantitative estimate of drug-likeness (QED) is 0.345. The molecule has 1 N–H and O–H groups in total. The molecule has 0 bridgehead atoms. The highest BCUT2D eigenvalue weighted by molar-refractivity contribution is 5.62. The topological polar surface area (TPSA) is 47.9 Å². The Balaban J connectivity index is 3.51. The van der Waals surface area contributed by atoms with Crippen LogP contribution in [0.3, 0.4) is 0 Å². The molecular formula is C23H32O4. The fraction of sp³-hybridized carbons (Fsp3) is 0.478. The monoisotopic (exact) mass is 372 g/mol. The summed E-state index contributed by atoms with van der Waals surface area (Å²) in [6, 6.07) is 1.86. The Morgan fingerprint density at radius 1 is 1.19 bits per heavy atom. The number of aliphatic hydroxyl groups is 1. The molecule has 1 unspecified atom stereocenters. The highest BCUT2D eigenvalue weighted by Gasteiger charge is 2.35. The lowest BCUT2D eigenvalue weighted by Gasteiger charge is -2.29. The van der Waals surface area contributed by atoms with Crippen LogP contribution < -0.4 is 14.2 Å². The molecule has 0 amide bonds. The van der Waals surface area contributed by atoms with Gasteiger partial charge >= 0.3 is 0 Å². The van der Waals surface area contributed by atoms with Gasteiger partial charge in [-0.3, -0.25) is 0 Å². The van der Waals surface area contributed by atoms with Crippen LogP contribution in [0.15, 0.2) is 30.4 Å². The van der Waals surface area contributed by atoms with Gasteiger partial charge in [0.15, 0.2) is 17.1 Å². The van der Waals surface area contributed by atoms with Crippen molar-refractivity contribution in [2.24, 2.45) is 0 Å². The molecule has 0 heterocycles. The minimum atomic E-state index is -1.46. The summed E-state index contributed by atoms with van der Waals surface area (Å²) in [7, 11) is 4.65. The first-order valence-electron chi connectivity index (χ1n) is 9.15. The fourth-order valence-electron chi connectivity index (χ4n) is 3.13. The van der Waals surface area contributed by atoms with Gasteiger partial charge in [-0.25, -0.2) is 0 Å². The van der Waals surface area contributed by atoms with Crippen LogP contribution in [0.25, 0.3) is 0 Å². The largest absolute Gasteiger partial charge is 0.493 e. The average molecular weight is 373 g/mol. The average Bonchev–Trinajstić information content (AvgIpc) is 2.67. The van der Waals surface area contributed by atoms with Gasteiger partial charge in [0.1, 0.15) is 0 Å². The summed E-state index contributed by atoms with van der Waals surface area (Å²) < 4.78 is 16.6. The molecule has 0 aliphatic heterocycles. The van der Waals surface area contributed by atoms with Crippen molar-refractivity contribution in [3.63, 3.8) is 0 Å². The number of aryl methyl sites for hydroxylation is 1. The van der Waals surface area contributed by atoms with E-state index in [-0.39, 0.29) is 0 Å². The van der Waals surface area contributed by atoms with Crippen LogP contribution in [-0.2, 0) is 12.0 Å². The van der Waals surface area contributed by atoms with Gasteiger partial charge in [-0.05, 0) is 57.6 Å². The molecule has 1 rings (SSSR count). The molecule has 0 aliphatic rings. The summed E-state index contributed by atoms with van der Waals surface area (Å²) in [5.41, 5.74) is 1.22. The summed E-state index contributed by atoms with van der Waals surface area (Å²) in [5, 5.41) is 11.4. The summed E-state index contributed by atoms with van der Waals surface area (Å²) in [5.74, 6) is 3.98. The van der Waals surface area contributed by atoms with Gasteiger partial charge in [0.25, 0.3) is 0 Å². The Hall–Kier alpha value is -2.38. The highest BCUT2D eigenvalue weighted by Crippen LogP contribution is 2.47. The van der Waals surface area contributed by atoms with E-state index in [1.807, 2.05) is 12.1 Å². The number of hydrogen-bond acceptors (Lipinski definition) is 4. The third-order valence-electron chi connectivity index (χ3n) is 4.48. The van der Waals surface area contributed by atoms with Crippen molar-refractivity contribution in [3.8, 4) is 29.6 Å². The summed E-state index contributed by atoms with van der Waals surface area (Å²) in [4.78, 5) is 0. The van der Waals surface area contributed by atoms with E-state index in [0.29, 0.717) is 35.7 Å². The molecule has 148 valence electrons. The van der Waals surface area contributed by atoms with Gasteiger partial charge < -0.3 is 19.3 Å². The van der Waals surface area contributed by atoms with E-state index < -0.39 is 5.60 Å². The number of allylic oxidation sites excluding steroid dienone is 3. The fourth-order valence-corrected chi connectivity index (χ4v) is 3.13. The molecule has 4 heteroatoms. The van der Waals surface area contributed by atoms with Crippen LogP contribution in [0.4, 0.5) is 0 Å². The molecular weight excluding hydrogens is 340 g/mol. The number of terminal acetylenes is 1. The third kappa shape index (κ3) is 5.55. The lowest BCUT2D eigenvalue weighted by Crippen LogP contribution is -2.26. The van der Waals surface area contributed by atoms with Crippen LogP contribution in [0, 0.1) is 12.3 Å². The number of hydrogen-bond donors (Lipinski definition) is 1. The van der Waals surface area contributed by atoms with Crippen LogP contribution in [-0.4, -0.2) is 26.4 Å². The second-order valence-corrected chi connectivity index (χ2v) is 6.69. The Kier molecular flexibility index (Phi) is 8.97. The highest BCUT2D eigenvalue weighted by atomic mass is 16.5. The lowest BCUT2D eigenvalue weighted by atomic mass is 9.83. The molecule has 4 nitrogen and oxygen atoms in total. The van der Waals surface area contributed by atoms with E-state index in [4.69, 9.17) is 20.6 Å². The molecule has 27 heavy (non-hydrogen) atoms. The summed E-state index contributed by atoms with van der Waals surface area (Å²) >= 11 is 0. The normalized spacial score (nSPS) is 12.5. The second-order valence-electron chi connectivity index (χ2n) is 6.69. The van der Waals surface area contributed by atoms with Gasteiger partial charge in [-0.15, -0.1) is 13.0 Å². The van der Waals surface area contributed by atoms with E-state index in [0.717, 1.165) is 24.8 Å². The predicted molar refractivity (Wildman–Crippen MR) is 111 cm³/mol. The Morgan fingerprint density at radius 3 is 2.33 bits per heavy atom. The predicted octanol–water partition coefficient (Wildman–Crippen LogP) is 4.79. The Morgan fingerprint density at radius 2 is 1.85 bits per heavy atom. The number of unbranched alkanes of at least 4 members (excludes halogenated alkanes) is 1. The molecule has 0 aromatic heterocycles. The SMILES string of the molecule is C#CC(O)(CCCC=C(C)C)c1c(CCC=C)cc(OC)c(OC)c1OC. The third-order valence-corrected chi connectivity index (χ3v) is 4.48. The number of methoxy groups -OCH3 is 3. The molecule has 0 saturated carbocycles. The van der Waals surface area contributed by atoms with Gasteiger partial charge in [0, 0.05) is 5.56 Å². The van der Waals surface area contributed by atoms with Gasteiger partial charge in [0.2, 0.25) is 5.75 Å². The summed E-state index contributed by atoms with van der Waals surface area (Å²) in [6.07, 6.45) is 13.2. The van der Waals surface area contributed by atoms with Gasteiger partial charge in [-0.1, -0.05) is 23.6 Å². The van der Waals surface area contributed by atoms with Crippen LogP contribution in [0.1, 0.15) is 50.7 Å². The molecule has 0 aliphatic carbocycles. The Bertz CT molecular complexity index is 708. The van der Waals surface area contributed by atoms with Crippen molar-refractivity contribution < 1.29 is 19.3 Å². The van der Waals surface area contributed by atoms with Gasteiger partial charge in [0.05, 0.1) is 21.3 Å². The molecule has 0 fully saturated rings. The number of benzene rings is 1. The zero-order valence-electron chi connectivity index (χ0n) is 17.2. The van der Waals surface area contributed by atoms with Crippen LogP contribution >= 0.6 is 0 Å². The zero-order valence-corrected chi connectivity index (χ0v) is 17.2. The first kappa shape index (κ1) is 22.7. The van der Waals surface area contributed by atoms with Crippen molar-refractivity contribution in [2.75, 3.05) is 21.3 Å². The molecule has 0 radical (unpaired) electrons. The smallest absolute Gasteiger partial charge is 0.203 e. The maximum Gasteiger partial charge on any atom is 0.203 e. The molecule has 1 aromatic carbocycles. The maximum atomic E-state index is 11.4. The number of rotatable bonds is 11. The second kappa shape index (κ2) is 10.7. The van der Waals surface area contributed by atoms with E-state index in [1.54, 1.807) is 7.11 Å². The first-order valence-corrected chi connectivity index (χ1v) is 9.15. The van der Waals surface area contributed by atoms with Crippen molar-refractivity contribution in [1.29, 1.82) is 0 Å². The van der Waals surface area contributed by atoms with Crippen molar-refractivity contribution in [1.82, 2.24) is 0 Å². The van der Waals surface area contributed by atoms with E-state index >= 15 is 0 Å². The maximum absolute atomic E-state index is 11.4. The molecule has 1 atom stereocenters. The van der Waals surface area contributed by atoms with E-state index in [2.05, 4.69) is 32.4 Å². The van der Waals surface area contributed by atoms with Crippen molar-refractivity contribution >= 4 is 0 Å². The Labute approximate surface area is 163 Å². The van der Waals surface area contributed by atoms with Crippen LogP contribution in [0.5, 0.6) is 17.2 Å². The minimum Gasteiger partial charge on any atom is -0.493 e. The lowest BCUT2D eigenvalue weighted by molar-refractivity contribution is 0.0836. The summed E-state index contributed by atoms with van der Waals surface area (Å²) in [6.45, 7) is 7.89. The standard InChI is InChI=1S/C23H32O4/c1-8-10-14-18-16-19(25-5)21(26-6)22(27-7)20(18)23(24,9-2)15-12-11-13-17(3)4/h2,8,13,16,24H,1,10-12,14-15H2,3-7H3. The minimum absolute atomic E-state index is 0.415. The van der Waals surface area contributed by atoms with Crippen LogP contribution in [0.2, 0.25) is 0 Å². The molecule has 0 saturated heterocycles. The van der Waals surface area contributed by atoms with Crippen molar-refractivity contribution in [3.05, 3.63) is 41.5 Å². The van der Waals surface area contributed by atoms with E-state index in [9.17, 15) is 5.11 Å². The van der Waals surface area contributed by atoms with Crippen molar-refractivity contribution in [2.45, 2.75) is 51.6 Å². The zero-order chi connectivity index (χ0) is 20.4. The number of ether oxygens (including phenoxy) is 3. The molecule has 1 aromatic rings. The molecule has 0 spiro atoms. The van der Waals surface area contributed by atoms with E-state index in [1.165, 1.54) is 19.8 Å². The van der Waals surface area contributed by atoms with Gasteiger partial charge in [-0.2, -0.15) is 0 Å². The first-order chi connectivity index (χ1) is 12.9.